The lowest BCUT2D eigenvalue weighted by molar-refractivity contribution is -0.143. The van der Waals surface area contributed by atoms with Crippen molar-refractivity contribution in [1.29, 1.82) is 0 Å². The van der Waals surface area contributed by atoms with Crippen molar-refractivity contribution in [3.05, 3.63) is 29.3 Å². The molecule has 0 saturated heterocycles. The first-order valence-corrected chi connectivity index (χ1v) is 7.64. The van der Waals surface area contributed by atoms with Crippen molar-refractivity contribution >= 4 is 35.2 Å². The van der Waals surface area contributed by atoms with Crippen LogP contribution in [0.1, 0.15) is 20.3 Å². The summed E-state index contributed by atoms with van der Waals surface area (Å²) in [4.78, 5) is 23.9. The fourth-order valence-electron chi connectivity index (χ4n) is 1.44. The molecule has 110 valence electrons. The lowest BCUT2D eigenvalue weighted by Crippen LogP contribution is -2.32. The second-order valence-corrected chi connectivity index (χ2v) is 5.91. The number of benzene rings is 1. The van der Waals surface area contributed by atoms with Crippen molar-refractivity contribution in [2.45, 2.75) is 30.4 Å². The Morgan fingerprint density at radius 2 is 2.00 bits per heavy atom. The number of ether oxygens (including phenoxy) is 1. The van der Waals surface area contributed by atoms with Crippen LogP contribution >= 0.6 is 23.4 Å². The van der Waals surface area contributed by atoms with Crippen LogP contribution in [0.2, 0.25) is 5.02 Å². The minimum absolute atomic E-state index is 0.103. The topological polar surface area (TPSA) is 55.4 Å². The number of hydrogen-bond donors (Lipinski definition) is 1. The van der Waals surface area contributed by atoms with Gasteiger partial charge >= 0.3 is 5.97 Å². The molecule has 0 fully saturated rings. The number of carbonyl (C=O) groups is 2. The number of esters is 1. The molecule has 0 aliphatic rings. The summed E-state index contributed by atoms with van der Waals surface area (Å²) in [5.74, 6) is -0.403. The molecule has 0 heterocycles. The molecule has 4 nitrogen and oxygen atoms in total. The van der Waals surface area contributed by atoms with E-state index in [1.165, 1.54) is 11.8 Å². The van der Waals surface area contributed by atoms with E-state index in [9.17, 15) is 9.59 Å². The molecule has 1 atom stereocenters. The average molecular weight is 316 g/mol. The minimum atomic E-state index is -0.300. The van der Waals surface area contributed by atoms with Gasteiger partial charge in [-0.3, -0.25) is 9.59 Å². The summed E-state index contributed by atoms with van der Waals surface area (Å²) < 4.78 is 4.78. The van der Waals surface area contributed by atoms with Crippen molar-refractivity contribution in [2.24, 2.45) is 0 Å². The van der Waals surface area contributed by atoms with Crippen LogP contribution in [0.25, 0.3) is 0 Å². The Morgan fingerprint density at radius 3 is 2.60 bits per heavy atom. The predicted molar refractivity (Wildman–Crippen MR) is 81.0 cm³/mol. The van der Waals surface area contributed by atoms with E-state index in [1.54, 1.807) is 19.1 Å². The van der Waals surface area contributed by atoms with Gasteiger partial charge in [0.1, 0.15) is 0 Å². The van der Waals surface area contributed by atoms with E-state index in [0.717, 1.165) is 4.90 Å². The van der Waals surface area contributed by atoms with Gasteiger partial charge in [-0.15, -0.1) is 11.8 Å². The highest BCUT2D eigenvalue weighted by Gasteiger charge is 2.14. The van der Waals surface area contributed by atoms with Gasteiger partial charge in [0.2, 0.25) is 5.91 Å². The van der Waals surface area contributed by atoms with Crippen LogP contribution in [0.3, 0.4) is 0 Å². The summed E-state index contributed by atoms with van der Waals surface area (Å²) >= 11 is 7.24. The first-order valence-electron chi connectivity index (χ1n) is 6.38. The molecule has 1 aromatic rings. The number of thioether (sulfide) groups is 1. The second kappa shape index (κ2) is 8.87. The van der Waals surface area contributed by atoms with E-state index < -0.39 is 0 Å². The van der Waals surface area contributed by atoms with Crippen molar-refractivity contribution in [2.75, 3.05) is 13.2 Å². The SMILES string of the molecule is CCOC(=O)CCNC(=O)C(C)Sc1ccc(Cl)cc1. The lowest BCUT2D eigenvalue weighted by Gasteiger charge is -2.11. The van der Waals surface area contributed by atoms with Crippen LogP contribution in [0, 0.1) is 0 Å². The van der Waals surface area contributed by atoms with Crippen molar-refractivity contribution in [3.8, 4) is 0 Å². The van der Waals surface area contributed by atoms with Gasteiger partial charge in [-0.1, -0.05) is 11.6 Å². The molecule has 1 rings (SSSR count). The fraction of sp³-hybridized carbons (Fsp3) is 0.429. The molecule has 6 heteroatoms. The largest absolute Gasteiger partial charge is 0.466 e. The fourth-order valence-corrected chi connectivity index (χ4v) is 2.45. The highest BCUT2D eigenvalue weighted by molar-refractivity contribution is 8.00. The minimum Gasteiger partial charge on any atom is -0.466 e. The number of amides is 1. The summed E-state index contributed by atoms with van der Waals surface area (Å²) in [7, 11) is 0. The maximum Gasteiger partial charge on any atom is 0.307 e. The molecule has 1 unspecified atom stereocenters. The van der Waals surface area contributed by atoms with Crippen LogP contribution < -0.4 is 5.32 Å². The number of halogens is 1. The molecular weight excluding hydrogens is 298 g/mol. The van der Waals surface area contributed by atoms with Crippen molar-refractivity contribution < 1.29 is 14.3 Å². The zero-order chi connectivity index (χ0) is 15.0. The number of nitrogens with one attached hydrogen (secondary N) is 1. The van der Waals surface area contributed by atoms with Gasteiger partial charge in [0.15, 0.2) is 0 Å². The highest BCUT2D eigenvalue weighted by Crippen LogP contribution is 2.24. The average Bonchev–Trinajstić information content (AvgIpc) is 2.41. The van der Waals surface area contributed by atoms with Crippen LogP contribution in [-0.4, -0.2) is 30.3 Å². The molecule has 0 radical (unpaired) electrons. The Balaban J connectivity index is 2.32. The quantitative estimate of drug-likeness (QED) is 0.621. The Labute approximate surface area is 128 Å². The number of hydrogen-bond acceptors (Lipinski definition) is 4. The zero-order valence-corrected chi connectivity index (χ0v) is 13.1. The second-order valence-electron chi connectivity index (χ2n) is 4.06. The van der Waals surface area contributed by atoms with Gasteiger partial charge in [0.25, 0.3) is 0 Å². The normalized spacial score (nSPS) is 11.8. The van der Waals surface area contributed by atoms with Gasteiger partial charge in [-0.25, -0.2) is 0 Å². The lowest BCUT2D eigenvalue weighted by atomic mass is 10.4. The maximum atomic E-state index is 11.8. The molecule has 20 heavy (non-hydrogen) atoms. The van der Waals surface area contributed by atoms with Crippen LogP contribution in [0.4, 0.5) is 0 Å². The van der Waals surface area contributed by atoms with E-state index in [1.807, 2.05) is 19.1 Å². The highest BCUT2D eigenvalue weighted by atomic mass is 35.5. The molecule has 1 aromatic carbocycles. The van der Waals surface area contributed by atoms with Gasteiger partial charge in [-0.05, 0) is 38.1 Å². The first-order chi connectivity index (χ1) is 9.52. The summed E-state index contributed by atoms with van der Waals surface area (Å²) in [6.45, 7) is 4.22. The molecular formula is C14H18ClNO3S. The molecule has 0 aliphatic heterocycles. The third-order valence-corrected chi connectivity index (χ3v) is 3.79. The molecule has 1 amide bonds. The molecule has 0 spiro atoms. The third kappa shape index (κ3) is 6.30. The predicted octanol–water partition coefficient (Wildman–Crippen LogP) is 2.89. The van der Waals surface area contributed by atoms with Crippen LogP contribution in [-0.2, 0) is 14.3 Å². The Kier molecular flexibility index (Phi) is 7.47. The Hall–Kier alpha value is -1.20. The summed E-state index contributed by atoms with van der Waals surface area (Å²) in [5, 5.41) is 3.15. The van der Waals surface area contributed by atoms with Crippen LogP contribution in [0.15, 0.2) is 29.2 Å². The van der Waals surface area contributed by atoms with Gasteiger partial charge in [-0.2, -0.15) is 0 Å². The van der Waals surface area contributed by atoms with Gasteiger partial charge in [0.05, 0.1) is 18.3 Å². The maximum absolute atomic E-state index is 11.8. The standard InChI is InChI=1S/C14H18ClNO3S/c1-3-19-13(17)8-9-16-14(18)10(2)20-12-6-4-11(15)5-7-12/h4-7,10H,3,8-9H2,1-2H3,(H,16,18). The smallest absolute Gasteiger partial charge is 0.307 e. The van der Waals surface area contributed by atoms with Gasteiger partial charge < -0.3 is 10.1 Å². The van der Waals surface area contributed by atoms with E-state index in [2.05, 4.69) is 5.32 Å². The van der Waals surface area contributed by atoms with E-state index in [-0.39, 0.29) is 23.5 Å². The van der Waals surface area contributed by atoms with Gasteiger partial charge in [0, 0.05) is 16.5 Å². The molecule has 1 N–H and O–H groups in total. The summed E-state index contributed by atoms with van der Waals surface area (Å²) in [6, 6.07) is 7.31. The van der Waals surface area contributed by atoms with E-state index >= 15 is 0 Å². The third-order valence-electron chi connectivity index (χ3n) is 2.43. The van der Waals surface area contributed by atoms with E-state index in [4.69, 9.17) is 16.3 Å². The van der Waals surface area contributed by atoms with Crippen molar-refractivity contribution in [3.63, 3.8) is 0 Å². The summed E-state index contributed by atoms with van der Waals surface area (Å²) in [5.41, 5.74) is 0. The van der Waals surface area contributed by atoms with Crippen LogP contribution in [0.5, 0.6) is 0 Å². The monoisotopic (exact) mass is 315 g/mol. The molecule has 0 aromatic heterocycles. The Bertz CT molecular complexity index is 450. The number of rotatable bonds is 7. The molecule has 0 aliphatic carbocycles. The van der Waals surface area contributed by atoms with E-state index in [0.29, 0.717) is 18.2 Å². The molecule has 0 bridgehead atoms. The van der Waals surface area contributed by atoms with Crippen molar-refractivity contribution in [1.82, 2.24) is 5.32 Å². The zero-order valence-electron chi connectivity index (χ0n) is 11.5. The summed E-state index contributed by atoms with van der Waals surface area (Å²) in [6.07, 6.45) is 0.192. The Morgan fingerprint density at radius 1 is 1.35 bits per heavy atom. The first kappa shape index (κ1) is 16.9. The molecule has 0 saturated carbocycles. The number of carbonyl (C=O) groups excluding carboxylic acids is 2.